The van der Waals surface area contributed by atoms with Crippen molar-refractivity contribution in [2.24, 2.45) is 5.73 Å². The largest absolute Gasteiger partial charge is 0.454 e. The summed E-state index contributed by atoms with van der Waals surface area (Å²) in [5, 5.41) is 0. The van der Waals surface area contributed by atoms with Crippen LogP contribution in [0.3, 0.4) is 0 Å². The van der Waals surface area contributed by atoms with Crippen LogP contribution < -0.4 is 10.5 Å². The van der Waals surface area contributed by atoms with Crippen LogP contribution in [0.25, 0.3) is 0 Å². The third-order valence-corrected chi connectivity index (χ3v) is 2.57. The molecule has 0 spiro atoms. The van der Waals surface area contributed by atoms with Crippen molar-refractivity contribution < 1.29 is 4.74 Å². The zero-order chi connectivity index (χ0) is 12.3. The summed E-state index contributed by atoms with van der Waals surface area (Å²) >= 11 is 3.33. The van der Waals surface area contributed by atoms with E-state index in [1.165, 1.54) is 0 Å². The van der Waals surface area contributed by atoms with Crippen LogP contribution in [0.15, 0.2) is 41.3 Å². The monoisotopic (exact) mass is 293 g/mol. The lowest BCUT2D eigenvalue weighted by molar-refractivity contribution is 0.476. The van der Waals surface area contributed by atoms with Crippen molar-refractivity contribution in [2.45, 2.75) is 13.0 Å². The van der Waals surface area contributed by atoms with Gasteiger partial charge in [-0.2, -0.15) is 0 Å². The van der Waals surface area contributed by atoms with Crippen LogP contribution in [0.5, 0.6) is 11.5 Å². The maximum Gasteiger partial charge on any atom is 0.146 e. The molecular weight excluding hydrogens is 282 g/mol. The third-order valence-electron chi connectivity index (χ3n) is 2.14. The van der Waals surface area contributed by atoms with Gasteiger partial charge in [-0.1, -0.05) is 0 Å². The minimum atomic E-state index is -0.0726. The van der Waals surface area contributed by atoms with E-state index in [1.54, 1.807) is 18.6 Å². The number of halogens is 1. The molecule has 1 atom stereocenters. The maximum absolute atomic E-state index is 5.72. The molecule has 0 saturated heterocycles. The maximum atomic E-state index is 5.72. The van der Waals surface area contributed by atoms with Crippen molar-refractivity contribution in [1.29, 1.82) is 0 Å². The van der Waals surface area contributed by atoms with Gasteiger partial charge in [0, 0.05) is 16.7 Å². The van der Waals surface area contributed by atoms with E-state index in [4.69, 9.17) is 10.5 Å². The second-order valence-corrected chi connectivity index (χ2v) is 4.56. The Kier molecular flexibility index (Phi) is 3.71. The molecule has 5 heteroatoms. The molecule has 0 aromatic carbocycles. The number of nitrogens with zero attached hydrogens (tertiary/aromatic N) is 2. The van der Waals surface area contributed by atoms with Gasteiger partial charge in [0.1, 0.15) is 11.5 Å². The second-order valence-electron chi connectivity index (χ2n) is 3.65. The predicted molar refractivity (Wildman–Crippen MR) is 68.9 cm³/mol. The summed E-state index contributed by atoms with van der Waals surface area (Å²) in [4.78, 5) is 8.23. The van der Waals surface area contributed by atoms with Gasteiger partial charge in [-0.05, 0) is 41.1 Å². The van der Waals surface area contributed by atoms with Crippen molar-refractivity contribution in [2.75, 3.05) is 0 Å². The number of hydrogen-bond donors (Lipinski definition) is 1. The summed E-state index contributed by atoms with van der Waals surface area (Å²) in [5.74, 6) is 1.32. The lowest BCUT2D eigenvalue weighted by Gasteiger charge is -2.07. The first-order chi connectivity index (χ1) is 8.15. The number of ether oxygens (including phenoxy) is 1. The molecule has 17 heavy (non-hydrogen) atoms. The molecule has 4 nitrogen and oxygen atoms in total. The molecule has 1 unspecified atom stereocenters. The Balaban J connectivity index is 2.14. The molecule has 2 heterocycles. The summed E-state index contributed by atoms with van der Waals surface area (Å²) in [6.07, 6.45) is 4.99. The molecule has 0 radical (unpaired) electrons. The van der Waals surface area contributed by atoms with E-state index in [0.717, 1.165) is 10.2 Å². The number of aromatic nitrogens is 2. The van der Waals surface area contributed by atoms with Crippen LogP contribution in [0.1, 0.15) is 18.7 Å². The fourth-order valence-corrected chi connectivity index (χ4v) is 1.65. The Morgan fingerprint density at radius 1 is 1.24 bits per heavy atom. The van der Waals surface area contributed by atoms with E-state index in [0.29, 0.717) is 11.5 Å². The van der Waals surface area contributed by atoms with Gasteiger partial charge >= 0.3 is 0 Å². The summed E-state index contributed by atoms with van der Waals surface area (Å²) in [6.45, 7) is 1.89. The van der Waals surface area contributed by atoms with Gasteiger partial charge in [0.15, 0.2) is 0 Å². The van der Waals surface area contributed by atoms with E-state index in [2.05, 4.69) is 25.9 Å². The summed E-state index contributed by atoms with van der Waals surface area (Å²) in [5.41, 5.74) is 6.55. The highest BCUT2D eigenvalue weighted by molar-refractivity contribution is 9.10. The molecule has 0 fully saturated rings. The van der Waals surface area contributed by atoms with E-state index < -0.39 is 0 Å². The molecule has 0 aliphatic heterocycles. The fourth-order valence-electron chi connectivity index (χ4n) is 1.31. The van der Waals surface area contributed by atoms with Crippen molar-refractivity contribution in [3.8, 4) is 11.5 Å². The molecule has 0 bridgehead atoms. The quantitative estimate of drug-likeness (QED) is 0.945. The first-order valence-corrected chi connectivity index (χ1v) is 5.94. The van der Waals surface area contributed by atoms with Crippen molar-refractivity contribution in [3.63, 3.8) is 0 Å². The first-order valence-electron chi connectivity index (χ1n) is 5.15. The number of pyridine rings is 2. The average molecular weight is 294 g/mol. The highest BCUT2D eigenvalue weighted by Gasteiger charge is 2.02. The van der Waals surface area contributed by atoms with Crippen LogP contribution >= 0.6 is 15.9 Å². The average Bonchev–Trinajstić information content (AvgIpc) is 2.29. The molecule has 2 rings (SSSR count). The third kappa shape index (κ3) is 3.25. The number of nitrogens with two attached hydrogens (primary N) is 1. The lowest BCUT2D eigenvalue weighted by atomic mass is 10.2. The van der Waals surface area contributed by atoms with Crippen LogP contribution in [0, 0.1) is 0 Å². The standard InChI is InChI=1S/C12H12BrN3O/c1-8(14)12-3-2-10(7-16-12)17-11-4-9(13)5-15-6-11/h2-8H,14H2,1H3. The minimum Gasteiger partial charge on any atom is -0.454 e. The van der Waals surface area contributed by atoms with Crippen LogP contribution in [-0.4, -0.2) is 9.97 Å². The van der Waals surface area contributed by atoms with Crippen LogP contribution in [0.4, 0.5) is 0 Å². The number of rotatable bonds is 3. The zero-order valence-electron chi connectivity index (χ0n) is 9.30. The van der Waals surface area contributed by atoms with Gasteiger partial charge in [-0.15, -0.1) is 0 Å². The molecule has 2 N–H and O–H groups in total. The molecule has 2 aromatic heterocycles. The summed E-state index contributed by atoms with van der Waals surface area (Å²) in [7, 11) is 0. The zero-order valence-corrected chi connectivity index (χ0v) is 10.9. The SMILES string of the molecule is CC(N)c1ccc(Oc2cncc(Br)c2)cn1. The van der Waals surface area contributed by atoms with E-state index in [9.17, 15) is 0 Å². The highest BCUT2D eigenvalue weighted by atomic mass is 79.9. The molecule has 0 saturated carbocycles. The van der Waals surface area contributed by atoms with Gasteiger partial charge in [0.25, 0.3) is 0 Å². The van der Waals surface area contributed by atoms with Crippen molar-refractivity contribution in [1.82, 2.24) is 9.97 Å². The van der Waals surface area contributed by atoms with Crippen molar-refractivity contribution >= 4 is 15.9 Å². The van der Waals surface area contributed by atoms with E-state index in [1.807, 2.05) is 25.1 Å². The smallest absolute Gasteiger partial charge is 0.146 e. The Labute approximate surface area is 108 Å². The Morgan fingerprint density at radius 2 is 2.06 bits per heavy atom. The van der Waals surface area contributed by atoms with Gasteiger partial charge in [0.05, 0.1) is 18.1 Å². The Hall–Kier alpha value is -1.46. The molecule has 88 valence electrons. The molecular formula is C12H12BrN3O. The molecule has 0 aliphatic carbocycles. The van der Waals surface area contributed by atoms with Crippen molar-refractivity contribution in [3.05, 3.63) is 47.0 Å². The van der Waals surface area contributed by atoms with E-state index >= 15 is 0 Å². The highest BCUT2D eigenvalue weighted by Crippen LogP contribution is 2.23. The number of hydrogen-bond acceptors (Lipinski definition) is 4. The predicted octanol–water partition coefficient (Wildman–Crippen LogP) is 3.05. The van der Waals surface area contributed by atoms with Crippen LogP contribution in [0.2, 0.25) is 0 Å². The topological polar surface area (TPSA) is 61.0 Å². The normalized spacial score (nSPS) is 12.2. The first kappa shape index (κ1) is 12.0. The summed E-state index contributed by atoms with van der Waals surface area (Å²) in [6, 6.07) is 5.46. The fraction of sp³-hybridized carbons (Fsp3) is 0.167. The Morgan fingerprint density at radius 3 is 2.65 bits per heavy atom. The summed E-state index contributed by atoms with van der Waals surface area (Å²) < 4.78 is 6.47. The lowest BCUT2D eigenvalue weighted by Crippen LogP contribution is -2.06. The second kappa shape index (κ2) is 5.25. The van der Waals surface area contributed by atoms with Gasteiger partial charge in [-0.3, -0.25) is 9.97 Å². The van der Waals surface area contributed by atoms with Gasteiger partial charge in [-0.25, -0.2) is 0 Å². The van der Waals surface area contributed by atoms with Gasteiger partial charge < -0.3 is 10.5 Å². The molecule has 0 amide bonds. The van der Waals surface area contributed by atoms with Crippen LogP contribution in [-0.2, 0) is 0 Å². The van der Waals surface area contributed by atoms with E-state index in [-0.39, 0.29) is 6.04 Å². The molecule has 0 aliphatic rings. The molecule has 2 aromatic rings. The Bertz CT molecular complexity index is 499. The minimum absolute atomic E-state index is 0.0726. The van der Waals surface area contributed by atoms with Gasteiger partial charge in [0.2, 0.25) is 0 Å².